The lowest BCUT2D eigenvalue weighted by atomic mass is 10.1. The molecule has 33 heavy (non-hydrogen) atoms. The summed E-state index contributed by atoms with van der Waals surface area (Å²) in [7, 11) is 0. The second kappa shape index (κ2) is 8.62. The van der Waals surface area contributed by atoms with Crippen molar-refractivity contribution in [3.63, 3.8) is 0 Å². The van der Waals surface area contributed by atoms with E-state index in [9.17, 15) is 27.6 Å². The highest BCUT2D eigenvalue weighted by Gasteiger charge is 2.30. The molecule has 0 bridgehead atoms. The third kappa shape index (κ3) is 4.77. The van der Waals surface area contributed by atoms with Crippen molar-refractivity contribution in [3.8, 4) is 0 Å². The van der Waals surface area contributed by atoms with Crippen molar-refractivity contribution >= 4 is 34.2 Å². The summed E-state index contributed by atoms with van der Waals surface area (Å²) in [5, 5.41) is 5.42. The average Bonchev–Trinajstić information content (AvgIpc) is 2.78. The number of carbonyl (C=O) groups excluding carboxylic acids is 2. The largest absolute Gasteiger partial charge is 0.422 e. The van der Waals surface area contributed by atoms with E-state index in [2.05, 4.69) is 10.6 Å². The molecule has 0 saturated carbocycles. The molecule has 0 aliphatic rings. The summed E-state index contributed by atoms with van der Waals surface area (Å²) in [5.74, 6) is -1.54. The second-order valence-corrected chi connectivity index (χ2v) is 7.02. The molecule has 0 radical (unpaired) electrons. The summed E-state index contributed by atoms with van der Waals surface area (Å²) < 4.78 is 44.0. The van der Waals surface area contributed by atoms with Gasteiger partial charge in [-0.3, -0.25) is 9.59 Å². The van der Waals surface area contributed by atoms with Crippen LogP contribution in [0.25, 0.3) is 11.0 Å². The highest BCUT2D eigenvalue weighted by atomic mass is 19.4. The lowest BCUT2D eigenvalue weighted by molar-refractivity contribution is -0.137. The Morgan fingerprint density at radius 3 is 2.24 bits per heavy atom. The van der Waals surface area contributed by atoms with Crippen LogP contribution in [0.1, 0.15) is 26.3 Å². The highest BCUT2D eigenvalue weighted by molar-refractivity contribution is 6.12. The van der Waals surface area contributed by atoms with Crippen molar-refractivity contribution in [3.05, 3.63) is 106 Å². The first kappa shape index (κ1) is 21.8. The molecule has 0 atom stereocenters. The van der Waals surface area contributed by atoms with Crippen molar-refractivity contribution in [1.29, 1.82) is 0 Å². The van der Waals surface area contributed by atoms with E-state index in [4.69, 9.17) is 4.42 Å². The second-order valence-electron chi connectivity index (χ2n) is 7.02. The van der Waals surface area contributed by atoms with Crippen LogP contribution in [0.3, 0.4) is 0 Å². The number of fused-ring (bicyclic) bond motifs is 1. The Labute approximate surface area is 184 Å². The Bertz CT molecular complexity index is 1430. The van der Waals surface area contributed by atoms with Gasteiger partial charge in [0, 0.05) is 11.1 Å². The molecule has 0 spiro atoms. The first-order valence-corrected chi connectivity index (χ1v) is 9.64. The molecule has 4 aromatic rings. The van der Waals surface area contributed by atoms with Gasteiger partial charge in [-0.15, -0.1) is 0 Å². The lowest BCUT2D eigenvalue weighted by Crippen LogP contribution is -2.23. The van der Waals surface area contributed by atoms with E-state index in [-0.39, 0.29) is 22.5 Å². The molecular formula is C24H15F3N2O4. The molecule has 6 nitrogen and oxygen atoms in total. The fourth-order valence-corrected chi connectivity index (χ4v) is 3.17. The molecule has 2 N–H and O–H groups in total. The third-order valence-electron chi connectivity index (χ3n) is 4.75. The van der Waals surface area contributed by atoms with Gasteiger partial charge in [0.15, 0.2) is 0 Å². The Balaban J connectivity index is 1.59. The molecule has 0 unspecified atom stereocenters. The molecule has 1 aromatic heterocycles. The monoisotopic (exact) mass is 452 g/mol. The molecule has 4 rings (SSSR count). The Morgan fingerprint density at radius 2 is 1.45 bits per heavy atom. The van der Waals surface area contributed by atoms with Gasteiger partial charge in [-0.2, -0.15) is 13.2 Å². The van der Waals surface area contributed by atoms with Crippen LogP contribution in [0.5, 0.6) is 0 Å². The van der Waals surface area contributed by atoms with E-state index in [1.165, 1.54) is 36.4 Å². The number of nitrogens with one attached hydrogen (secondary N) is 2. The van der Waals surface area contributed by atoms with E-state index in [0.29, 0.717) is 11.0 Å². The molecule has 0 saturated heterocycles. The number of benzene rings is 3. The predicted molar refractivity (Wildman–Crippen MR) is 116 cm³/mol. The highest BCUT2D eigenvalue weighted by Crippen LogP contribution is 2.31. The molecule has 0 aliphatic carbocycles. The number of anilines is 2. The van der Waals surface area contributed by atoms with Gasteiger partial charge >= 0.3 is 11.8 Å². The van der Waals surface area contributed by atoms with E-state index < -0.39 is 29.2 Å². The Kier molecular flexibility index (Phi) is 5.70. The number of hydrogen-bond acceptors (Lipinski definition) is 4. The van der Waals surface area contributed by atoms with Crippen LogP contribution in [0, 0.1) is 0 Å². The van der Waals surface area contributed by atoms with Gasteiger partial charge in [0.1, 0.15) is 11.1 Å². The van der Waals surface area contributed by atoms with Gasteiger partial charge in [0.2, 0.25) is 0 Å². The maximum absolute atomic E-state index is 12.9. The maximum Gasteiger partial charge on any atom is 0.416 e. The normalized spacial score (nSPS) is 11.2. The van der Waals surface area contributed by atoms with Crippen molar-refractivity contribution < 1.29 is 27.2 Å². The minimum Gasteiger partial charge on any atom is -0.422 e. The summed E-state index contributed by atoms with van der Waals surface area (Å²) in [5.41, 5.74) is -1.71. The number of para-hydroxylation sites is 2. The predicted octanol–water partition coefficient (Wildman–Crippen LogP) is 5.32. The van der Waals surface area contributed by atoms with Crippen LogP contribution >= 0.6 is 0 Å². The summed E-state index contributed by atoms with van der Waals surface area (Å²) >= 11 is 0. The molecule has 3 aromatic carbocycles. The number of hydrogen-bond donors (Lipinski definition) is 2. The van der Waals surface area contributed by atoms with E-state index in [0.717, 1.165) is 12.1 Å². The SMILES string of the molecule is O=C(Nc1cccc(C(F)(F)F)c1)c1ccccc1NC(=O)c1cc2ccccc2oc1=O. The van der Waals surface area contributed by atoms with Crippen LogP contribution in [-0.2, 0) is 6.18 Å². The van der Waals surface area contributed by atoms with Gasteiger partial charge in [0.25, 0.3) is 11.8 Å². The van der Waals surface area contributed by atoms with E-state index in [1.54, 1.807) is 30.3 Å². The summed E-state index contributed by atoms with van der Waals surface area (Å²) in [6.45, 7) is 0. The Hall–Kier alpha value is -4.40. The fraction of sp³-hybridized carbons (Fsp3) is 0.0417. The van der Waals surface area contributed by atoms with Gasteiger partial charge in [-0.25, -0.2) is 4.79 Å². The van der Waals surface area contributed by atoms with Crippen molar-refractivity contribution in [2.45, 2.75) is 6.18 Å². The van der Waals surface area contributed by atoms with Crippen LogP contribution in [0.15, 0.2) is 88.1 Å². The standard InChI is InChI=1S/C24H15F3N2O4/c25-24(26,27)15-7-5-8-16(13-15)28-21(30)17-9-2-3-10-19(17)29-22(31)18-12-14-6-1-4-11-20(14)33-23(18)32/h1-13H,(H,28,30)(H,29,31). The number of alkyl halides is 3. The topological polar surface area (TPSA) is 88.4 Å². The van der Waals surface area contributed by atoms with Gasteiger partial charge in [-0.1, -0.05) is 36.4 Å². The van der Waals surface area contributed by atoms with Gasteiger partial charge in [-0.05, 0) is 42.5 Å². The molecular weight excluding hydrogens is 437 g/mol. The number of amides is 2. The third-order valence-corrected chi connectivity index (χ3v) is 4.75. The first-order chi connectivity index (χ1) is 15.7. The van der Waals surface area contributed by atoms with Crippen LogP contribution < -0.4 is 16.3 Å². The minimum absolute atomic E-state index is 0.00608. The minimum atomic E-state index is -4.56. The maximum atomic E-state index is 12.9. The van der Waals surface area contributed by atoms with Crippen LogP contribution in [0.2, 0.25) is 0 Å². The summed E-state index contributed by atoms with van der Waals surface area (Å²) in [6, 6.07) is 18.1. The van der Waals surface area contributed by atoms with Gasteiger partial charge in [0.05, 0.1) is 16.8 Å². The molecule has 166 valence electrons. The first-order valence-electron chi connectivity index (χ1n) is 9.64. The molecule has 2 amide bonds. The summed E-state index contributed by atoms with van der Waals surface area (Å²) in [4.78, 5) is 37.7. The molecule has 0 aliphatic heterocycles. The smallest absolute Gasteiger partial charge is 0.416 e. The molecule has 9 heteroatoms. The number of carbonyl (C=O) groups is 2. The lowest BCUT2D eigenvalue weighted by Gasteiger charge is -2.13. The zero-order valence-corrected chi connectivity index (χ0v) is 16.8. The van der Waals surface area contributed by atoms with E-state index >= 15 is 0 Å². The quantitative estimate of drug-likeness (QED) is 0.411. The van der Waals surface area contributed by atoms with Crippen molar-refractivity contribution in [2.75, 3.05) is 10.6 Å². The summed E-state index contributed by atoms with van der Waals surface area (Å²) in [6.07, 6.45) is -4.56. The van der Waals surface area contributed by atoms with Crippen LogP contribution in [0.4, 0.5) is 24.5 Å². The zero-order chi connectivity index (χ0) is 23.6. The van der Waals surface area contributed by atoms with Gasteiger partial charge < -0.3 is 15.1 Å². The number of rotatable bonds is 4. The van der Waals surface area contributed by atoms with E-state index in [1.807, 2.05) is 0 Å². The zero-order valence-electron chi connectivity index (χ0n) is 16.8. The molecule has 0 fully saturated rings. The van der Waals surface area contributed by atoms with Crippen molar-refractivity contribution in [1.82, 2.24) is 0 Å². The molecule has 1 heterocycles. The fourth-order valence-electron chi connectivity index (χ4n) is 3.17. The Morgan fingerprint density at radius 1 is 0.758 bits per heavy atom. The van der Waals surface area contributed by atoms with Crippen LogP contribution in [-0.4, -0.2) is 11.8 Å². The van der Waals surface area contributed by atoms with Crippen molar-refractivity contribution in [2.24, 2.45) is 0 Å². The average molecular weight is 452 g/mol. The number of halogens is 3.